The van der Waals surface area contributed by atoms with Crippen molar-refractivity contribution in [1.29, 1.82) is 0 Å². The third kappa shape index (κ3) is 1.52. The Morgan fingerprint density at radius 1 is 1.33 bits per heavy atom. The van der Waals surface area contributed by atoms with Crippen LogP contribution in [-0.2, 0) is 6.54 Å². The third-order valence-corrected chi connectivity index (χ3v) is 2.24. The van der Waals surface area contributed by atoms with Crippen LogP contribution in [-0.4, -0.2) is 14.8 Å². The van der Waals surface area contributed by atoms with E-state index in [0.29, 0.717) is 18.2 Å². The SMILES string of the molecule is CCn1nc(N)c(-c2ccccn2)c1N. The predicted octanol–water partition coefficient (Wildman–Crippen LogP) is 1.13. The lowest BCUT2D eigenvalue weighted by Crippen LogP contribution is -2.02. The van der Waals surface area contributed by atoms with E-state index in [2.05, 4.69) is 10.1 Å². The molecular weight excluding hydrogens is 190 g/mol. The standard InChI is InChI=1S/C10H13N5/c1-2-15-10(12)8(9(11)14-15)7-5-3-4-6-13-7/h3-6H,2,12H2,1H3,(H2,11,14). The molecule has 0 aliphatic heterocycles. The zero-order chi connectivity index (χ0) is 10.8. The molecule has 0 amide bonds. The van der Waals surface area contributed by atoms with Crippen LogP contribution < -0.4 is 11.5 Å². The zero-order valence-electron chi connectivity index (χ0n) is 8.51. The smallest absolute Gasteiger partial charge is 0.157 e. The lowest BCUT2D eigenvalue weighted by atomic mass is 10.2. The predicted molar refractivity (Wildman–Crippen MR) is 60.0 cm³/mol. The van der Waals surface area contributed by atoms with Gasteiger partial charge in [0.15, 0.2) is 5.82 Å². The number of aryl methyl sites for hydroxylation is 1. The summed E-state index contributed by atoms with van der Waals surface area (Å²) in [6.07, 6.45) is 1.71. The molecule has 0 atom stereocenters. The molecule has 0 saturated heterocycles. The molecule has 0 aliphatic carbocycles. The molecule has 0 unspecified atom stereocenters. The highest BCUT2D eigenvalue weighted by Gasteiger charge is 2.14. The molecule has 2 heterocycles. The summed E-state index contributed by atoms with van der Waals surface area (Å²) in [5.41, 5.74) is 13.2. The van der Waals surface area contributed by atoms with Crippen molar-refractivity contribution in [1.82, 2.24) is 14.8 Å². The van der Waals surface area contributed by atoms with Gasteiger partial charge in [0.1, 0.15) is 5.82 Å². The van der Waals surface area contributed by atoms with Gasteiger partial charge < -0.3 is 11.5 Å². The minimum Gasteiger partial charge on any atom is -0.383 e. The number of aromatic nitrogens is 3. The topological polar surface area (TPSA) is 82.8 Å². The Balaban J connectivity index is 2.58. The molecule has 4 N–H and O–H groups in total. The maximum atomic E-state index is 5.93. The van der Waals surface area contributed by atoms with Gasteiger partial charge in [-0.25, -0.2) is 4.68 Å². The quantitative estimate of drug-likeness (QED) is 0.766. The Bertz CT molecular complexity index is 460. The molecule has 5 nitrogen and oxygen atoms in total. The summed E-state index contributed by atoms with van der Waals surface area (Å²) in [5, 5.41) is 4.13. The maximum absolute atomic E-state index is 5.93. The van der Waals surface area contributed by atoms with Gasteiger partial charge in [-0.1, -0.05) is 6.07 Å². The lowest BCUT2D eigenvalue weighted by Gasteiger charge is -2.01. The van der Waals surface area contributed by atoms with Crippen LogP contribution in [0.5, 0.6) is 0 Å². The Hall–Kier alpha value is -2.04. The highest BCUT2D eigenvalue weighted by Crippen LogP contribution is 2.29. The molecule has 0 radical (unpaired) electrons. The number of hydrogen-bond acceptors (Lipinski definition) is 4. The number of rotatable bonds is 2. The van der Waals surface area contributed by atoms with Crippen molar-refractivity contribution >= 4 is 11.6 Å². The molecule has 78 valence electrons. The molecule has 2 rings (SSSR count). The fourth-order valence-corrected chi connectivity index (χ4v) is 1.51. The average molecular weight is 203 g/mol. The van der Waals surface area contributed by atoms with Crippen molar-refractivity contribution in [2.45, 2.75) is 13.5 Å². The van der Waals surface area contributed by atoms with Gasteiger partial charge in [0.05, 0.1) is 11.3 Å². The normalized spacial score (nSPS) is 10.5. The Labute approximate surface area is 87.7 Å². The van der Waals surface area contributed by atoms with Gasteiger partial charge in [-0.15, -0.1) is 0 Å². The van der Waals surface area contributed by atoms with Crippen LogP contribution >= 0.6 is 0 Å². The maximum Gasteiger partial charge on any atom is 0.157 e. The summed E-state index contributed by atoms with van der Waals surface area (Å²) in [5.74, 6) is 0.988. The molecule has 15 heavy (non-hydrogen) atoms. The number of hydrogen-bond donors (Lipinski definition) is 2. The number of nitrogen functional groups attached to an aromatic ring is 2. The van der Waals surface area contributed by atoms with Gasteiger partial charge >= 0.3 is 0 Å². The second-order valence-electron chi connectivity index (χ2n) is 3.18. The van der Waals surface area contributed by atoms with Gasteiger partial charge in [0, 0.05) is 12.7 Å². The number of nitrogens with zero attached hydrogens (tertiary/aromatic N) is 3. The second kappa shape index (κ2) is 3.61. The van der Waals surface area contributed by atoms with E-state index in [0.717, 1.165) is 11.3 Å². The summed E-state index contributed by atoms with van der Waals surface area (Å²) in [7, 11) is 0. The van der Waals surface area contributed by atoms with Crippen molar-refractivity contribution in [2.24, 2.45) is 0 Å². The van der Waals surface area contributed by atoms with E-state index in [1.807, 2.05) is 25.1 Å². The first kappa shape index (κ1) is 9.51. The van der Waals surface area contributed by atoms with Crippen molar-refractivity contribution in [3.05, 3.63) is 24.4 Å². The summed E-state index contributed by atoms with van der Waals surface area (Å²) in [4.78, 5) is 4.20. The molecule has 2 aromatic rings. The molecule has 0 aromatic carbocycles. The third-order valence-electron chi connectivity index (χ3n) is 2.24. The average Bonchev–Trinajstić information content (AvgIpc) is 2.55. The molecule has 0 aliphatic rings. The first-order valence-electron chi connectivity index (χ1n) is 4.77. The highest BCUT2D eigenvalue weighted by molar-refractivity contribution is 5.81. The van der Waals surface area contributed by atoms with Crippen molar-refractivity contribution in [3.63, 3.8) is 0 Å². The molecule has 0 bridgehead atoms. The van der Waals surface area contributed by atoms with Gasteiger partial charge in [-0.3, -0.25) is 4.98 Å². The Kier molecular flexibility index (Phi) is 2.29. The van der Waals surface area contributed by atoms with Crippen molar-refractivity contribution in [2.75, 3.05) is 11.5 Å². The van der Waals surface area contributed by atoms with Gasteiger partial charge in [-0.2, -0.15) is 5.10 Å². The fourth-order valence-electron chi connectivity index (χ4n) is 1.51. The van der Waals surface area contributed by atoms with Crippen LogP contribution in [0.2, 0.25) is 0 Å². The fraction of sp³-hybridized carbons (Fsp3) is 0.200. The Morgan fingerprint density at radius 2 is 2.13 bits per heavy atom. The van der Waals surface area contributed by atoms with Crippen LogP contribution in [0.15, 0.2) is 24.4 Å². The zero-order valence-corrected chi connectivity index (χ0v) is 8.51. The van der Waals surface area contributed by atoms with E-state index in [1.165, 1.54) is 0 Å². The van der Waals surface area contributed by atoms with E-state index in [-0.39, 0.29) is 0 Å². The first-order chi connectivity index (χ1) is 7.24. The number of anilines is 2. The summed E-state index contributed by atoms with van der Waals surface area (Å²) >= 11 is 0. The van der Waals surface area contributed by atoms with Crippen LogP contribution in [0.25, 0.3) is 11.3 Å². The summed E-state index contributed by atoms with van der Waals surface area (Å²) in [6.45, 7) is 2.66. The van der Waals surface area contributed by atoms with Crippen LogP contribution in [0, 0.1) is 0 Å². The van der Waals surface area contributed by atoms with Gasteiger partial charge in [0.25, 0.3) is 0 Å². The minimum absolute atomic E-state index is 0.424. The van der Waals surface area contributed by atoms with Crippen LogP contribution in [0.1, 0.15) is 6.92 Å². The van der Waals surface area contributed by atoms with E-state index >= 15 is 0 Å². The number of pyridine rings is 1. The molecule has 5 heteroatoms. The molecule has 0 saturated carbocycles. The first-order valence-corrected chi connectivity index (χ1v) is 4.77. The van der Waals surface area contributed by atoms with Crippen molar-refractivity contribution < 1.29 is 0 Å². The molecule has 0 spiro atoms. The Morgan fingerprint density at radius 3 is 2.67 bits per heavy atom. The van der Waals surface area contributed by atoms with E-state index in [1.54, 1.807) is 10.9 Å². The molecule has 0 fully saturated rings. The lowest BCUT2D eigenvalue weighted by molar-refractivity contribution is 0.673. The minimum atomic E-state index is 0.424. The highest BCUT2D eigenvalue weighted by atomic mass is 15.3. The van der Waals surface area contributed by atoms with Crippen LogP contribution in [0.3, 0.4) is 0 Å². The molecular formula is C10H13N5. The van der Waals surface area contributed by atoms with E-state index in [4.69, 9.17) is 11.5 Å². The largest absolute Gasteiger partial charge is 0.383 e. The summed E-state index contributed by atoms with van der Waals surface area (Å²) < 4.78 is 1.67. The number of nitrogens with two attached hydrogens (primary N) is 2. The molecule has 2 aromatic heterocycles. The van der Waals surface area contributed by atoms with Crippen molar-refractivity contribution in [3.8, 4) is 11.3 Å². The van der Waals surface area contributed by atoms with Crippen LogP contribution in [0.4, 0.5) is 11.6 Å². The second-order valence-corrected chi connectivity index (χ2v) is 3.18. The van der Waals surface area contributed by atoms with Gasteiger partial charge in [0.2, 0.25) is 0 Å². The monoisotopic (exact) mass is 203 g/mol. The van der Waals surface area contributed by atoms with E-state index in [9.17, 15) is 0 Å². The van der Waals surface area contributed by atoms with E-state index < -0.39 is 0 Å². The van der Waals surface area contributed by atoms with Gasteiger partial charge in [-0.05, 0) is 19.1 Å². The summed E-state index contributed by atoms with van der Waals surface area (Å²) in [6, 6.07) is 5.61.